The monoisotopic (exact) mass is 246 g/mol. The van der Waals surface area contributed by atoms with Gasteiger partial charge in [0, 0.05) is 17.1 Å². The standard InChI is InChI=1S/C14H18N2O2/c1-2-10-3-4-13-12(7-10)11(5-6-15)8-16(13)9-14(17)18/h3-4,7-8H,2,5-6,9,15H2,1H3,(H,17,18). The van der Waals surface area contributed by atoms with Gasteiger partial charge in [0.2, 0.25) is 0 Å². The topological polar surface area (TPSA) is 68.2 Å². The van der Waals surface area contributed by atoms with Crippen LogP contribution in [0.2, 0.25) is 0 Å². The summed E-state index contributed by atoms with van der Waals surface area (Å²) in [6.07, 6.45) is 3.66. The van der Waals surface area contributed by atoms with Crippen molar-refractivity contribution >= 4 is 16.9 Å². The summed E-state index contributed by atoms with van der Waals surface area (Å²) in [6.45, 7) is 2.67. The Balaban J connectivity index is 2.56. The van der Waals surface area contributed by atoms with Crippen molar-refractivity contribution in [3.63, 3.8) is 0 Å². The fourth-order valence-corrected chi connectivity index (χ4v) is 2.27. The highest BCUT2D eigenvalue weighted by atomic mass is 16.4. The first-order valence-electron chi connectivity index (χ1n) is 6.18. The number of nitrogens with two attached hydrogens (primary N) is 1. The summed E-state index contributed by atoms with van der Waals surface area (Å²) >= 11 is 0. The van der Waals surface area contributed by atoms with Crippen LogP contribution in [-0.2, 0) is 24.2 Å². The molecule has 3 N–H and O–H groups in total. The van der Waals surface area contributed by atoms with Crippen LogP contribution in [0, 0.1) is 0 Å². The highest BCUT2D eigenvalue weighted by molar-refractivity contribution is 5.86. The molecule has 4 nitrogen and oxygen atoms in total. The quantitative estimate of drug-likeness (QED) is 0.845. The Hall–Kier alpha value is -1.81. The van der Waals surface area contributed by atoms with Gasteiger partial charge in [-0.25, -0.2) is 0 Å². The van der Waals surface area contributed by atoms with E-state index in [-0.39, 0.29) is 6.54 Å². The molecule has 96 valence electrons. The van der Waals surface area contributed by atoms with E-state index in [0.29, 0.717) is 6.54 Å². The van der Waals surface area contributed by atoms with Gasteiger partial charge in [-0.05, 0) is 42.6 Å². The van der Waals surface area contributed by atoms with Crippen LogP contribution in [0.3, 0.4) is 0 Å². The molecular formula is C14H18N2O2. The van der Waals surface area contributed by atoms with Gasteiger partial charge in [0.05, 0.1) is 0 Å². The molecule has 0 spiro atoms. The van der Waals surface area contributed by atoms with E-state index in [1.807, 2.05) is 18.3 Å². The van der Waals surface area contributed by atoms with Crippen LogP contribution in [0.5, 0.6) is 0 Å². The molecule has 0 fully saturated rings. The number of carbonyl (C=O) groups is 1. The minimum absolute atomic E-state index is 0.00740. The zero-order chi connectivity index (χ0) is 13.1. The van der Waals surface area contributed by atoms with Crippen molar-refractivity contribution in [3.05, 3.63) is 35.5 Å². The van der Waals surface area contributed by atoms with E-state index in [1.165, 1.54) is 5.56 Å². The molecule has 0 aliphatic carbocycles. The molecule has 4 heteroatoms. The van der Waals surface area contributed by atoms with Crippen molar-refractivity contribution in [2.45, 2.75) is 26.3 Å². The Morgan fingerprint density at radius 3 is 2.83 bits per heavy atom. The van der Waals surface area contributed by atoms with Gasteiger partial charge in [0.25, 0.3) is 0 Å². The fraction of sp³-hybridized carbons (Fsp3) is 0.357. The van der Waals surface area contributed by atoms with Crippen LogP contribution >= 0.6 is 0 Å². The number of benzene rings is 1. The average molecular weight is 246 g/mol. The summed E-state index contributed by atoms with van der Waals surface area (Å²) in [5.41, 5.74) is 8.96. The molecule has 0 aliphatic rings. The van der Waals surface area contributed by atoms with Gasteiger partial charge >= 0.3 is 5.97 Å². The molecule has 0 bridgehead atoms. The van der Waals surface area contributed by atoms with E-state index in [4.69, 9.17) is 10.8 Å². The number of aryl methyl sites for hydroxylation is 1. The van der Waals surface area contributed by atoms with Crippen molar-refractivity contribution < 1.29 is 9.90 Å². The summed E-state index contributed by atoms with van der Waals surface area (Å²) < 4.78 is 1.78. The number of aliphatic carboxylic acids is 1. The third kappa shape index (κ3) is 2.38. The summed E-state index contributed by atoms with van der Waals surface area (Å²) in [4.78, 5) is 10.9. The highest BCUT2D eigenvalue weighted by Crippen LogP contribution is 2.23. The molecule has 0 saturated carbocycles. The number of hydrogen-bond donors (Lipinski definition) is 2. The summed E-state index contributed by atoms with van der Waals surface area (Å²) in [5, 5.41) is 10.0. The molecule has 2 aromatic rings. The second kappa shape index (κ2) is 5.23. The van der Waals surface area contributed by atoms with E-state index in [0.717, 1.165) is 29.3 Å². The smallest absolute Gasteiger partial charge is 0.323 e. The number of nitrogens with zero attached hydrogens (tertiary/aromatic N) is 1. The van der Waals surface area contributed by atoms with Crippen molar-refractivity contribution in [2.24, 2.45) is 5.73 Å². The molecule has 2 rings (SSSR count). The predicted molar refractivity (Wildman–Crippen MR) is 71.7 cm³/mol. The average Bonchev–Trinajstić information content (AvgIpc) is 2.67. The maximum absolute atomic E-state index is 10.9. The molecule has 0 unspecified atom stereocenters. The van der Waals surface area contributed by atoms with Gasteiger partial charge in [-0.1, -0.05) is 13.0 Å². The Morgan fingerprint density at radius 2 is 2.22 bits per heavy atom. The largest absolute Gasteiger partial charge is 0.480 e. The van der Waals surface area contributed by atoms with Crippen molar-refractivity contribution in [1.82, 2.24) is 4.57 Å². The van der Waals surface area contributed by atoms with Crippen LogP contribution in [0.4, 0.5) is 0 Å². The Labute approximate surface area is 106 Å². The molecule has 1 heterocycles. The SMILES string of the molecule is CCc1ccc2c(c1)c(CCN)cn2CC(=O)O. The molecular weight excluding hydrogens is 228 g/mol. The molecule has 0 radical (unpaired) electrons. The third-order valence-corrected chi connectivity index (χ3v) is 3.16. The van der Waals surface area contributed by atoms with Crippen LogP contribution in [0.25, 0.3) is 10.9 Å². The Kier molecular flexibility index (Phi) is 3.67. The molecule has 18 heavy (non-hydrogen) atoms. The molecule has 1 aromatic heterocycles. The van der Waals surface area contributed by atoms with E-state index in [9.17, 15) is 4.79 Å². The minimum atomic E-state index is -0.828. The van der Waals surface area contributed by atoms with E-state index in [2.05, 4.69) is 13.0 Å². The highest BCUT2D eigenvalue weighted by Gasteiger charge is 2.10. The van der Waals surface area contributed by atoms with Crippen LogP contribution in [0.15, 0.2) is 24.4 Å². The van der Waals surface area contributed by atoms with Crippen LogP contribution < -0.4 is 5.73 Å². The van der Waals surface area contributed by atoms with Gasteiger partial charge < -0.3 is 15.4 Å². The number of carboxylic acid groups (broad SMARTS) is 1. The number of rotatable bonds is 5. The lowest BCUT2D eigenvalue weighted by Gasteiger charge is -2.02. The molecule has 0 aliphatic heterocycles. The summed E-state index contributed by atoms with van der Waals surface area (Å²) in [6, 6.07) is 6.18. The number of aromatic nitrogens is 1. The second-order valence-corrected chi connectivity index (χ2v) is 4.42. The van der Waals surface area contributed by atoms with Gasteiger partial charge in [0.15, 0.2) is 0 Å². The molecule has 0 amide bonds. The van der Waals surface area contributed by atoms with E-state index in [1.54, 1.807) is 4.57 Å². The lowest BCUT2D eigenvalue weighted by atomic mass is 10.1. The van der Waals surface area contributed by atoms with Crippen molar-refractivity contribution in [3.8, 4) is 0 Å². The number of fused-ring (bicyclic) bond motifs is 1. The molecule has 0 saturated heterocycles. The van der Waals surface area contributed by atoms with Crippen LogP contribution in [0.1, 0.15) is 18.1 Å². The Bertz CT molecular complexity index is 572. The number of hydrogen-bond acceptors (Lipinski definition) is 2. The summed E-state index contributed by atoms with van der Waals surface area (Å²) in [5.74, 6) is -0.828. The normalized spacial score (nSPS) is 11.0. The Morgan fingerprint density at radius 1 is 1.44 bits per heavy atom. The number of carboxylic acids is 1. The van der Waals surface area contributed by atoms with Crippen molar-refractivity contribution in [2.75, 3.05) is 6.54 Å². The fourth-order valence-electron chi connectivity index (χ4n) is 2.27. The first-order valence-corrected chi connectivity index (χ1v) is 6.18. The van der Waals surface area contributed by atoms with Gasteiger partial charge in [-0.2, -0.15) is 0 Å². The minimum Gasteiger partial charge on any atom is -0.480 e. The van der Waals surface area contributed by atoms with E-state index < -0.39 is 5.97 Å². The first-order chi connectivity index (χ1) is 8.65. The second-order valence-electron chi connectivity index (χ2n) is 4.42. The van der Waals surface area contributed by atoms with Gasteiger partial charge in [-0.3, -0.25) is 4.79 Å². The van der Waals surface area contributed by atoms with Gasteiger partial charge in [0.1, 0.15) is 6.54 Å². The third-order valence-electron chi connectivity index (χ3n) is 3.16. The zero-order valence-electron chi connectivity index (χ0n) is 10.5. The van der Waals surface area contributed by atoms with Crippen LogP contribution in [-0.4, -0.2) is 22.2 Å². The lowest BCUT2D eigenvalue weighted by Crippen LogP contribution is -2.07. The molecule has 1 aromatic carbocycles. The maximum atomic E-state index is 10.9. The molecule has 0 atom stereocenters. The van der Waals surface area contributed by atoms with Gasteiger partial charge in [-0.15, -0.1) is 0 Å². The zero-order valence-corrected chi connectivity index (χ0v) is 10.5. The summed E-state index contributed by atoms with van der Waals surface area (Å²) in [7, 11) is 0. The lowest BCUT2D eigenvalue weighted by molar-refractivity contribution is -0.137. The van der Waals surface area contributed by atoms with Crippen molar-refractivity contribution in [1.29, 1.82) is 0 Å². The maximum Gasteiger partial charge on any atom is 0.323 e. The predicted octanol–water partition coefficient (Wildman–Crippen LogP) is 1.79. The first kappa shape index (κ1) is 12.6. The van der Waals surface area contributed by atoms with E-state index >= 15 is 0 Å².